The summed E-state index contributed by atoms with van der Waals surface area (Å²) in [5.41, 5.74) is 3.93. The minimum Gasteiger partial charge on any atom is -0.461 e. The monoisotopic (exact) mass is 595 g/mol. The molecule has 8 nitrogen and oxygen atoms in total. The number of carbonyl (C=O) groups is 3. The first kappa shape index (κ1) is 29.6. The first-order valence-electron chi connectivity index (χ1n) is 12.2. The summed E-state index contributed by atoms with van der Waals surface area (Å²) in [6, 6.07) is 20.6. The number of aryl methyl sites for hydroxylation is 3. The summed E-state index contributed by atoms with van der Waals surface area (Å²) >= 11 is 3.47. The second-order valence-electron chi connectivity index (χ2n) is 8.89. The molecule has 0 radical (unpaired) electrons. The third kappa shape index (κ3) is 8.78. The van der Waals surface area contributed by atoms with Gasteiger partial charge in [0.05, 0.1) is 27.7 Å². The molecule has 39 heavy (non-hydrogen) atoms. The van der Waals surface area contributed by atoms with E-state index in [-0.39, 0.29) is 6.61 Å². The van der Waals surface area contributed by atoms with Crippen molar-refractivity contribution in [3.63, 3.8) is 0 Å². The molecule has 0 aliphatic carbocycles. The maximum absolute atomic E-state index is 13.1. The van der Waals surface area contributed by atoms with Crippen LogP contribution >= 0.6 is 15.9 Å². The lowest BCUT2D eigenvalue weighted by atomic mass is 10.1. The van der Waals surface area contributed by atoms with E-state index in [2.05, 4.69) is 21.1 Å². The minimum atomic E-state index is -1.18. The topological polar surface area (TPSA) is 100 Å². The molecule has 0 fully saturated rings. The Hall–Kier alpha value is -3.98. The lowest BCUT2D eigenvalue weighted by Gasteiger charge is -2.28. The van der Waals surface area contributed by atoms with Crippen LogP contribution in [0, 0.1) is 20.8 Å². The molecule has 0 spiro atoms. The fraction of sp³-hybridized carbons (Fsp3) is 0.267. The van der Waals surface area contributed by atoms with Gasteiger partial charge in [0.1, 0.15) is 13.7 Å². The molecule has 0 aliphatic heterocycles. The van der Waals surface area contributed by atoms with Gasteiger partial charge in [-0.2, -0.15) is 0 Å². The highest BCUT2D eigenvalue weighted by molar-refractivity contribution is 9.09. The molecule has 0 N–H and O–H groups in total. The van der Waals surface area contributed by atoms with Crippen molar-refractivity contribution in [2.75, 3.05) is 13.7 Å². The normalized spacial score (nSPS) is 13.3. The van der Waals surface area contributed by atoms with E-state index < -0.39 is 34.9 Å². The van der Waals surface area contributed by atoms with E-state index in [0.717, 1.165) is 16.7 Å². The Balaban J connectivity index is 1.85. The van der Waals surface area contributed by atoms with Crippen LogP contribution in [-0.4, -0.2) is 54.9 Å². The Morgan fingerprint density at radius 2 is 1.13 bits per heavy atom. The van der Waals surface area contributed by atoms with Crippen LogP contribution in [0.1, 0.15) is 47.8 Å². The van der Waals surface area contributed by atoms with Crippen molar-refractivity contribution in [3.8, 4) is 0 Å². The summed E-state index contributed by atoms with van der Waals surface area (Å²) in [5, 5.41) is 3.76. The van der Waals surface area contributed by atoms with E-state index >= 15 is 0 Å². The Bertz CT molecular complexity index is 1290. The Labute approximate surface area is 236 Å². The van der Waals surface area contributed by atoms with Crippen molar-refractivity contribution in [1.29, 1.82) is 0 Å². The van der Waals surface area contributed by atoms with Crippen LogP contribution in [-0.2, 0) is 19.0 Å². The summed E-state index contributed by atoms with van der Waals surface area (Å²) in [5.74, 6) is -1.87. The molecule has 0 unspecified atom stereocenters. The van der Waals surface area contributed by atoms with Crippen molar-refractivity contribution in [1.82, 2.24) is 0 Å². The van der Waals surface area contributed by atoms with Crippen molar-refractivity contribution < 1.29 is 33.4 Å². The molecule has 0 saturated carbocycles. The van der Waals surface area contributed by atoms with E-state index in [1.165, 1.54) is 13.3 Å². The van der Waals surface area contributed by atoms with Gasteiger partial charge >= 0.3 is 17.9 Å². The van der Waals surface area contributed by atoms with Gasteiger partial charge in [0.25, 0.3) is 0 Å². The van der Waals surface area contributed by atoms with Gasteiger partial charge in [-0.3, -0.25) is 0 Å². The Morgan fingerprint density at radius 1 is 0.718 bits per heavy atom. The van der Waals surface area contributed by atoms with Gasteiger partial charge in [-0.1, -0.05) is 74.2 Å². The molecule has 0 amide bonds. The number of ether oxygens (including phenoxy) is 3. The second kappa shape index (κ2) is 14.2. The highest BCUT2D eigenvalue weighted by atomic mass is 79.9. The van der Waals surface area contributed by atoms with Gasteiger partial charge in [0.15, 0.2) is 12.2 Å². The first-order chi connectivity index (χ1) is 18.7. The third-order valence-corrected chi connectivity index (χ3v) is 6.50. The van der Waals surface area contributed by atoms with Gasteiger partial charge in [-0.05, 0) is 57.2 Å². The molecule has 0 aromatic heterocycles. The molecule has 0 aliphatic rings. The van der Waals surface area contributed by atoms with Crippen LogP contribution in [0.2, 0.25) is 0 Å². The fourth-order valence-corrected chi connectivity index (χ4v) is 3.98. The molecule has 3 aromatic carbocycles. The zero-order valence-electron chi connectivity index (χ0n) is 22.1. The van der Waals surface area contributed by atoms with Crippen LogP contribution in [0.4, 0.5) is 0 Å². The van der Waals surface area contributed by atoms with Crippen LogP contribution in [0.5, 0.6) is 0 Å². The third-order valence-electron chi connectivity index (χ3n) is 5.72. The average molecular weight is 596 g/mol. The molecule has 204 valence electrons. The number of benzene rings is 3. The maximum atomic E-state index is 13.1. The minimum absolute atomic E-state index is 0.196. The molecule has 9 heteroatoms. The summed E-state index contributed by atoms with van der Waals surface area (Å²) in [7, 11) is 1.33. The second-order valence-corrected chi connectivity index (χ2v) is 10.1. The average Bonchev–Trinajstić information content (AvgIpc) is 2.93. The zero-order valence-corrected chi connectivity index (χ0v) is 23.7. The van der Waals surface area contributed by atoms with Crippen molar-refractivity contribution in [2.24, 2.45) is 5.16 Å². The smallest absolute Gasteiger partial charge is 0.338 e. The molecule has 3 atom stereocenters. The number of esters is 3. The quantitative estimate of drug-likeness (QED) is 0.0932. The number of hydrogen-bond donors (Lipinski definition) is 0. The highest BCUT2D eigenvalue weighted by Crippen LogP contribution is 2.21. The van der Waals surface area contributed by atoms with Gasteiger partial charge in [-0.15, -0.1) is 0 Å². The highest BCUT2D eigenvalue weighted by Gasteiger charge is 2.35. The van der Waals surface area contributed by atoms with Crippen LogP contribution in [0.3, 0.4) is 0 Å². The van der Waals surface area contributed by atoms with Crippen LogP contribution < -0.4 is 0 Å². The number of hydrogen-bond acceptors (Lipinski definition) is 8. The maximum Gasteiger partial charge on any atom is 0.338 e. The molecule has 0 heterocycles. The number of carbonyl (C=O) groups excluding carboxylic acids is 3. The van der Waals surface area contributed by atoms with Gasteiger partial charge < -0.3 is 19.0 Å². The van der Waals surface area contributed by atoms with Crippen molar-refractivity contribution in [3.05, 3.63) is 106 Å². The summed E-state index contributed by atoms with van der Waals surface area (Å²) in [4.78, 5) is 42.7. The van der Waals surface area contributed by atoms with E-state index in [1.54, 1.807) is 72.8 Å². The van der Waals surface area contributed by atoms with Gasteiger partial charge in [-0.25, -0.2) is 14.4 Å². The molecule has 0 bridgehead atoms. The number of oxime groups is 1. The summed E-state index contributed by atoms with van der Waals surface area (Å²) < 4.78 is 17.0. The SMILES string of the molecule is CON=C[C@H](OC(=O)c1ccc(C)cc1)[C@@H](OC(=O)c1ccc(C)cc1)[C@H](Br)COC(=O)c1ccc(C)cc1. The summed E-state index contributed by atoms with van der Waals surface area (Å²) in [6.07, 6.45) is -1.11. The number of alkyl halides is 1. The molecular weight excluding hydrogens is 566 g/mol. The van der Waals surface area contributed by atoms with E-state index in [4.69, 9.17) is 19.0 Å². The number of nitrogens with zero attached hydrogens (tertiary/aromatic N) is 1. The Morgan fingerprint density at radius 3 is 1.56 bits per heavy atom. The zero-order chi connectivity index (χ0) is 28.4. The van der Waals surface area contributed by atoms with Gasteiger partial charge in [0, 0.05) is 0 Å². The first-order valence-corrected chi connectivity index (χ1v) is 13.1. The predicted molar refractivity (Wildman–Crippen MR) is 150 cm³/mol. The van der Waals surface area contributed by atoms with Gasteiger partial charge in [0.2, 0.25) is 0 Å². The van der Waals surface area contributed by atoms with Crippen LogP contribution in [0.15, 0.2) is 78.0 Å². The molecular formula is C30H30BrNO7. The molecule has 3 rings (SSSR count). The number of rotatable bonds is 11. The van der Waals surface area contributed by atoms with Crippen molar-refractivity contribution in [2.45, 2.75) is 37.8 Å². The number of halogens is 1. The van der Waals surface area contributed by atoms with E-state index in [9.17, 15) is 14.4 Å². The largest absolute Gasteiger partial charge is 0.461 e. The standard InChI is InChI=1S/C30H30BrNO7/c1-19-5-11-22(12-6-19)28(33)37-18-25(31)27(39-30(35)24-15-9-21(3)10-16-24)26(17-32-36-4)38-29(34)23-13-7-20(2)8-14-23/h5-17,25-27H,18H2,1-4H3/t25-,26+,27+/m1/s1. The predicted octanol–water partition coefficient (Wildman–Crippen LogP) is 5.62. The lowest BCUT2D eigenvalue weighted by Crippen LogP contribution is -2.44. The summed E-state index contributed by atoms with van der Waals surface area (Å²) in [6.45, 7) is 5.52. The van der Waals surface area contributed by atoms with Crippen LogP contribution in [0.25, 0.3) is 0 Å². The lowest BCUT2D eigenvalue weighted by molar-refractivity contribution is -0.0209. The fourth-order valence-electron chi connectivity index (χ4n) is 3.44. The van der Waals surface area contributed by atoms with E-state index in [1.807, 2.05) is 20.8 Å². The molecule has 0 saturated heterocycles. The Kier molecular flexibility index (Phi) is 10.8. The molecule has 3 aromatic rings. The van der Waals surface area contributed by atoms with E-state index in [0.29, 0.717) is 16.7 Å². The van der Waals surface area contributed by atoms with Crippen molar-refractivity contribution >= 4 is 40.1 Å².